The first-order valence-electron chi connectivity index (χ1n) is 3.81. The minimum atomic E-state index is 0.419. The van der Waals surface area contributed by atoms with E-state index in [2.05, 4.69) is 25.9 Å². The van der Waals surface area contributed by atoms with Gasteiger partial charge in [-0.3, -0.25) is 0 Å². The van der Waals surface area contributed by atoms with E-state index in [1.807, 2.05) is 12.1 Å². The van der Waals surface area contributed by atoms with Crippen LogP contribution >= 0.6 is 15.9 Å². The highest BCUT2D eigenvalue weighted by molar-refractivity contribution is 9.08. The van der Waals surface area contributed by atoms with Crippen LogP contribution in [0.1, 0.15) is 5.56 Å². The molecular weight excluding hydrogens is 232 g/mol. The number of nitrogen functional groups attached to an aromatic ring is 2. The maximum Gasteiger partial charge on any atom is 0.198 e. The molecule has 5 heteroatoms. The number of benzene rings is 1. The molecule has 0 saturated carbocycles. The molecule has 68 valence electrons. The molecule has 0 unspecified atom stereocenters. The first kappa shape index (κ1) is 8.37. The molecule has 2 rings (SSSR count). The maximum absolute atomic E-state index is 5.78. The van der Waals surface area contributed by atoms with Crippen LogP contribution in [0, 0.1) is 0 Å². The van der Waals surface area contributed by atoms with Crippen molar-refractivity contribution in [2.75, 3.05) is 11.5 Å². The summed E-state index contributed by atoms with van der Waals surface area (Å²) in [6.45, 7) is 0. The summed E-state index contributed by atoms with van der Waals surface area (Å²) in [7, 11) is 0. The molecule has 0 aliphatic rings. The largest absolute Gasteiger partial charge is 0.398 e. The highest BCUT2D eigenvalue weighted by atomic mass is 79.9. The number of aromatic nitrogens is 2. The van der Waals surface area contributed by atoms with Gasteiger partial charge in [0.25, 0.3) is 0 Å². The van der Waals surface area contributed by atoms with Gasteiger partial charge >= 0.3 is 0 Å². The fourth-order valence-corrected chi connectivity index (χ4v) is 1.90. The number of nitrogens with two attached hydrogens (primary N) is 2. The third kappa shape index (κ3) is 1.25. The fraction of sp³-hybridized carbons (Fsp3) is 0.125. The SMILES string of the molecule is Nc1nc2c(CBr)c(N)ccc2[nH]1. The molecule has 0 amide bonds. The highest BCUT2D eigenvalue weighted by Gasteiger charge is 2.07. The zero-order chi connectivity index (χ0) is 9.42. The molecule has 4 nitrogen and oxygen atoms in total. The third-order valence-electron chi connectivity index (χ3n) is 1.95. The molecule has 2 aromatic rings. The minimum Gasteiger partial charge on any atom is -0.398 e. The first-order chi connectivity index (χ1) is 6.22. The van der Waals surface area contributed by atoms with Gasteiger partial charge in [0.15, 0.2) is 5.95 Å². The van der Waals surface area contributed by atoms with Crippen molar-refractivity contribution in [3.05, 3.63) is 17.7 Å². The first-order valence-corrected chi connectivity index (χ1v) is 4.93. The number of aromatic amines is 1. The lowest BCUT2D eigenvalue weighted by atomic mass is 10.2. The van der Waals surface area contributed by atoms with E-state index in [1.165, 1.54) is 0 Å². The second-order valence-corrected chi connectivity index (χ2v) is 3.35. The second-order valence-electron chi connectivity index (χ2n) is 2.79. The van der Waals surface area contributed by atoms with Crippen LogP contribution in [0.3, 0.4) is 0 Å². The Balaban J connectivity index is 2.82. The van der Waals surface area contributed by atoms with Crippen molar-refractivity contribution in [3.63, 3.8) is 0 Å². The van der Waals surface area contributed by atoms with Crippen LogP contribution in [0.2, 0.25) is 0 Å². The van der Waals surface area contributed by atoms with E-state index in [0.717, 1.165) is 22.3 Å². The summed E-state index contributed by atoms with van der Waals surface area (Å²) in [5.74, 6) is 0.419. The summed E-state index contributed by atoms with van der Waals surface area (Å²) in [4.78, 5) is 7.11. The van der Waals surface area contributed by atoms with Crippen LogP contribution in [-0.4, -0.2) is 9.97 Å². The Labute approximate surface area is 83.5 Å². The van der Waals surface area contributed by atoms with E-state index in [-0.39, 0.29) is 0 Å². The van der Waals surface area contributed by atoms with Gasteiger partial charge in [0.1, 0.15) is 0 Å². The van der Waals surface area contributed by atoms with Crippen molar-refractivity contribution < 1.29 is 0 Å². The number of alkyl halides is 1. The summed E-state index contributed by atoms with van der Waals surface area (Å²) < 4.78 is 0. The molecule has 0 aliphatic carbocycles. The van der Waals surface area contributed by atoms with Crippen molar-refractivity contribution in [1.29, 1.82) is 0 Å². The zero-order valence-corrected chi connectivity index (χ0v) is 8.43. The Hall–Kier alpha value is -1.23. The molecular formula is C8H9BrN4. The lowest BCUT2D eigenvalue weighted by Crippen LogP contribution is -1.92. The summed E-state index contributed by atoms with van der Waals surface area (Å²) in [6.07, 6.45) is 0. The molecule has 0 radical (unpaired) electrons. The van der Waals surface area contributed by atoms with Gasteiger partial charge in [-0.15, -0.1) is 0 Å². The number of H-pyrrole nitrogens is 1. The van der Waals surface area contributed by atoms with Crippen molar-refractivity contribution in [2.45, 2.75) is 5.33 Å². The molecule has 0 aliphatic heterocycles. The number of nitrogens with one attached hydrogen (secondary N) is 1. The topological polar surface area (TPSA) is 80.7 Å². The van der Waals surface area contributed by atoms with Gasteiger partial charge in [-0.05, 0) is 12.1 Å². The molecule has 5 N–H and O–H groups in total. The van der Waals surface area contributed by atoms with Gasteiger partial charge in [-0.2, -0.15) is 0 Å². The van der Waals surface area contributed by atoms with Crippen LogP contribution in [0.5, 0.6) is 0 Å². The lowest BCUT2D eigenvalue weighted by Gasteiger charge is -2.01. The van der Waals surface area contributed by atoms with Crippen LogP contribution < -0.4 is 11.5 Å². The van der Waals surface area contributed by atoms with E-state index in [4.69, 9.17) is 11.5 Å². The van der Waals surface area contributed by atoms with Crippen LogP contribution in [0.4, 0.5) is 11.6 Å². The summed E-state index contributed by atoms with van der Waals surface area (Å²) in [6, 6.07) is 3.72. The van der Waals surface area contributed by atoms with E-state index in [0.29, 0.717) is 11.3 Å². The molecule has 13 heavy (non-hydrogen) atoms. The van der Waals surface area contributed by atoms with Gasteiger partial charge in [-0.25, -0.2) is 4.98 Å². The van der Waals surface area contributed by atoms with E-state index >= 15 is 0 Å². The third-order valence-corrected chi connectivity index (χ3v) is 2.51. The number of hydrogen-bond donors (Lipinski definition) is 3. The molecule has 1 heterocycles. The van der Waals surface area contributed by atoms with E-state index < -0.39 is 0 Å². The zero-order valence-electron chi connectivity index (χ0n) is 6.84. The van der Waals surface area contributed by atoms with Gasteiger partial charge in [0.2, 0.25) is 0 Å². The summed E-state index contributed by atoms with van der Waals surface area (Å²) in [5, 5.41) is 0.681. The monoisotopic (exact) mass is 240 g/mol. The van der Waals surface area contributed by atoms with Crippen LogP contribution in [0.25, 0.3) is 11.0 Å². The molecule has 0 spiro atoms. The van der Waals surface area contributed by atoms with Crippen molar-refractivity contribution in [2.24, 2.45) is 0 Å². The number of hydrogen-bond acceptors (Lipinski definition) is 3. The van der Waals surface area contributed by atoms with Crippen LogP contribution in [0.15, 0.2) is 12.1 Å². The molecule has 1 aromatic heterocycles. The predicted molar refractivity (Wildman–Crippen MR) is 57.5 cm³/mol. The van der Waals surface area contributed by atoms with E-state index in [9.17, 15) is 0 Å². The Morgan fingerprint density at radius 2 is 2.15 bits per heavy atom. The van der Waals surface area contributed by atoms with Gasteiger partial charge in [-0.1, -0.05) is 15.9 Å². The van der Waals surface area contributed by atoms with Crippen molar-refractivity contribution in [3.8, 4) is 0 Å². The number of anilines is 2. The molecule has 0 atom stereocenters. The number of imidazole rings is 1. The standard InChI is InChI=1S/C8H9BrN4/c9-3-4-5(10)1-2-6-7(4)13-8(11)12-6/h1-2H,3,10H2,(H3,11,12,13). The molecule has 1 aromatic carbocycles. The number of fused-ring (bicyclic) bond motifs is 1. The average Bonchev–Trinajstić information content (AvgIpc) is 2.45. The normalized spacial score (nSPS) is 10.8. The van der Waals surface area contributed by atoms with Crippen LogP contribution in [-0.2, 0) is 5.33 Å². The van der Waals surface area contributed by atoms with Gasteiger partial charge < -0.3 is 16.5 Å². The summed E-state index contributed by atoms with van der Waals surface area (Å²) >= 11 is 3.36. The Bertz CT molecular complexity index is 449. The molecule has 0 fully saturated rings. The quantitative estimate of drug-likeness (QED) is 0.524. The summed E-state index contributed by atoms with van der Waals surface area (Å²) in [5.41, 5.74) is 14.8. The minimum absolute atomic E-state index is 0.419. The highest BCUT2D eigenvalue weighted by Crippen LogP contribution is 2.24. The maximum atomic E-state index is 5.78. The van der Waals surface area contributed by atoms with Crippen molar-refractivity contribution in [1.82, 2.24) is 9.97 Å². The number of rotatable bonds is 1. The smallest absolute Gasteiger partial charge is 0.198 e. The molecule has 0 saturated heterocycles. The lowest BCUT2D eigenvalue weighted by molar-refractivity contribution is 1.34. The van der Waals surface area contributed by atoms with Gasteiger partial charge in [0.05, 0.1) is 11.0 Å². The van der Waals surface area contributed by atoms with Crippen molar-refractivity contribution >= 4 is 38.6 Å². The predicted octanol–water partition coefficient (Wildman–Crippen LogP) is 1.62. The molecule has 0 bridgehead atoms. The Morgan fingerprint density at radius 3 is 2.85 bits per heavy atom. The average molecular weight is 241 g/mol. The van der Waals surface area contributed by atoms with E-state index in [1.54, 1.807) is 0 Å². The second kappa shape index (κ2) is 2.92. The number of halogens is 1. The van der Waals surface area contributed by atoms with Gasteiger partial charge in [0, 0.05) is 16.6 Å². The Kier molecular flexibility index (Phi) is 1.88. The Morgan fingerprint density at radius 1 is 1.38 bits per heavy atom. The number of nitrogens with zero attached hydrogens (tertiary/aromatic N) is 1. The fourth-order valence-electron chi connectivity index (χ4n) is 1.31.